The van der Waals surface area contributed by atoms with Crippen molar-refractivity contribution in [2.24, 2.45) is 5.73 Å². The molecule has 4 heteroatoms. The Morgan fingerprint density at radius 3 is 3.00 bits per heavy atom. The van der Waals surface area contributed by atoms with Crippen LogP contribution in [0.1, 0.15) is 0 Å². The Kier molecular flexibility index (Phi) is 2.99. The van der Waals surface area contributed by atoms with Crippen LogP contribution in [0.25, 0.3) is 0 Å². The van der Waals surface area contributed by atoms with Gasteiger partial charge >= 0.3 is 0 Å². The van der Waals surface area contributed by atoms with Crippen LogP contribution in [0, 0.1) is 5.82 Å². The molecule has 0 unspecified atom stereocenters. The summed E-state index contributed by atoms with van der Waals surface area (Å²) in [6, 6.07) is 2.95. The van der Waals surface area contributed by atoms with E-state index in [-0.39, 0.29) is 5.82 Å². The molecule has 0 saturated carbocycles. The fourth-order valence-corrected chi connectivity index (χ4v) is 0.958. The van der Waals surface area contributed by atoms with Crippen LogP contribution in [-0.2, 0) is 0 Å². The van der Waals surface area contributed by atoms with Crippen molar-refractivity contribution in [1.82, 2.24) is 4.98 Å². The molecule has 3 nitrogen and oxygen atoms in total. The molecule has 1 heterocycles. The summed E-state index contributed by atoms with van der Waals surface area (Å²) in [5.41, 5.74) is 5.32. The fourth-order valence-electron chi connectivity index (χ4n) is 0.958. The minimum Gasteiger partial charge on any atom is -0.356 e. The molecule has 66 valence electrons. The Morgan fingerprint density at radius 2 is 2.42 bits per heavy atom. The second kappa shape index (κ2) is 4.01. The van der Waals surface area contributed by atoms with Gasteiger partial charge < -0.3 is 10.6 Å². The predicted molar refractivity (Wildman–Crippen MR) is 46.5 cm³/mol. The van der Waals surface area contributed by atoms with Gasteiger partial charge in [-0.25, -0.2) is 9.37 Å². The van der Waals surface area contributed by atoms with Gasteiger partial charge in [0.1, 0.15) is 0 Å². The van der Waals surface area contributed by atoms with E-state index in [1.807, 2.05) is 0 Å². The summed E-state index contributed by atoms with van der Waals surface area (Å²) < 4.78 is 13.0. The predicted octanol–water partition coefficient (Wildman–Crippen LogP) is 0.616. The number of hydrogen-bond donors (Lipinski definition) is 1. The molecule has 0 aliphatic heterocycles. The molecule has 1 rings (SSSR count). The van der Waals surface area contributed by atoms with Crippen LogP contribution in [-0.4, -0.2) is 25.1 Å². The number of pyridine rings is 1. The first-order valence-electron chi connectivity index (χ1n) is 3.77. The zero-order chi connectivity index (χ0) is 8.97. The van der Waals surface area contributed by atoms with Crippen LogP contribution in [0.3, 0.4) is 0 Å². The highest BCUT2D eigenvalue weighted by Gasteiger charge is 2.05. The Morgan fingerprint density at radius 1 is 1.67 bits per heavy atom. The van der Waals surface area contributed by atoms with E-state index in [4.69, 9.17) is 5.73 Å². The number of rotatable bonds is 3. The summed E-state index contributed by atoms with van der Waals surface area (Å²) in [4.78, 5) is 5.58. The molecule has 0 spiro atoms. The zero-order valence-corrected chi connectivity index (χ0v) is 7.00. The van der Waals surface area contributed by atoms with E-state index in [9.17, 15) is 4.39 Å². The second-order valence-corrected chi connectivity index (χ2v) is 2.52. The van der Waals surface area contributed by atoms with Crippen molar-refractivity contribution in [3.63, 3.8) is 0 Å². The molecule has 1 aromatic heterocycles. The van der Waals surface area contributed by atoms with Crippen molar-refractivity contribution in [3.05, 3.63) is 24.1 Å². The summed E-state index contributed by atoms with van der Waals surface area (Å²) in [6.45, 7) is 1.10. The third-order valence-electron chi connectivity index (χ3n) is 1.57. The molecule has 0 aliphatic carbocycles. The van der Waals surface area contributed by atoms with Crippen molar-refractivity contribution >= 4 is 5.82 Å². The van der Waals surface area contributed by atoms with E-state index in [2.05, 4.69) is 4.98 Å². The van der Waals surface area contributed by atoms with Crippen LogP contribution in [0.4, 0.5) is 10.2 Å². The highest BCUT2D eigenvalue weighted by molar-refractivity contribution is 5.38. The third-order valence-corrected chi connectivity index (χ3v) is 1.57. The lowest BCUT2D eigenvalue weighted by Gasteiger charge is -2.16. The molecule has 1 aromatic rings. The lowest BCUT2D eigenvalue weighted by atomic mass is 10.4. The van der Waals surface area contributed by atoms with E-state index >= 15 is 0 Å². The smallest absolute Gasteiger partial charge is 0.165 e. The number of halogens is 1. The maximum absolute atomic E-state index is 13.0. The molecule has 0 amide bonds. The van der Waals surface area contributed by atoms with Gasteiger partial charge in [-0.15, -0.1) is 0 Å². The molecule has 2 N–H and O–H groups in total. The second-order valence-electron chi connectivity index (χ2n) is 2.52. The van der Waals surface area contributed by atoms with Gasteiger partial charge in [-0.2, -0.15) is 0 Å². The average Bonchev–Trinajstić information content (AvgIpc) is 2.05. The van der Waals surface area contributed by atoms with Gasteiger partial charge in [-0.05, 0) is 12.1 Å². The van der Waals surface area contributed by atoms with Crippen molar-refractivity contribution in [3.8, 4) is 0 Å². The van der Waals surface area contributed by atoms with Crippen LogP contribution in [0.2, 0.25) is 0 Å². The Hall–Kier alpha value is -1.16. The minimum atomic E-state index is -0.312. The lowest BCUT2D eigenvalue weighted by molar-refractivity contribution is 0.615. The number of nitrogens with zero attached hydrogens (tertiary/aromatic N) is 2. The van der Waals surface area contributed by atoms with Crippen molar-refractivity contribution in [2.45, 2.75) is 0 Å². The highest BCUT2D eigenvalue weighted by Crippen LogP contribution is 2.11. The van der Waals surface area contributed by atoms with Gasteiger partial charge in [-0.3, -0.25) is 0 Å². The maximum Gasteiger partial charge on any atom is 0.165 e. The van der Waals surface area contributed by atoms with Crippen LogP contribution in [0.5, 0.6) is 0 Å². The third kappa shape index (κ3) is 1.92. The standard InChI is InChI=1S/C8H12FN3/c1-12(6-4-10)8-7(9)3-2-5-11-8/h2-3,5H,4,6,10H2,1H3. The van der Waals surface area contributed by atoms with Crippen LogP contribution >= 0.6 is 0 Å². The summed E-state index contributed by atoms with van der Waals surface area (Å²) in [6.07, 6.45) is 1.56. The Balaban J connectivity index is 2.79. The van der Waals surface area contributed by atoms with Crippen molar-refractivity contribution in [1.29, 1.82) is 0 Å². The normalized spacial score (nSPS) is 9.92. The zero-order valence-electron chi connectivity index (χ0n) is 7.00. The van der Waals surface area contributed by atoms with E-state index in [1.54, 1.807) is 24.2 Å². The Bertz CT molecular complexity index is 252. The molecule has 0 saturated heterocycles. The number of hydrogen-bond acceptors (Lipinski definition) is 3. The van der Waals surface area contributed by atoms with Gasteiger partial charge in [-0.1, -0.05) is 0 Å². The summed E-state index contributed by atoms with van der Waals surface area (Å²) in [7, 11) is 1.76. The summed E-state index contributed by atoms with van der Waals surface area (Å²) >= 11 is 0. The first kappa shape index (κ1) is 8.93. The van der Waals surface area contributed by atoms with E-state index < -0.39 is 0 Å². The highest BCUT2D eigenvalue weighted by atomic mass is 19.1. The monoisotopic (exact) mass is 169 g/mol. The van der Waals surface area contributed by atoms with E-state index in [0.717, 1.165) is 0 Å². The SMILES string of the molecule is CN(CCN)c1ncccc1F. The van der Waals surface area contributed by atoms with E-state index in [0.29, 0.717) is 18.9 Å². The quantitative estimate of drug-likeness (QED) is 0.721. The van der Waals surface area contributed by atoms with Gasteiger partial charge in [0.15, 0.2) is 11.6 Å². The van der Waals surface area contributed by atoms with Gasteiger partial charge in [0, 0.05) is 26.3 Å². The molecule has 0 bridgehead atoms. The molecule has 0 fully saturated rings. The maximum atomic E-state index is 13.0. The largest absolute Gasteiger partial charge is 0.356 e. The van der Waals surface area contributed by atoms with Crippen LogP contribution in [0.15, 0.2) is 18.3 Å². The van der Waals surface area contributed by atoms with Crippen LogP contribution < -0.4 is 10.6 Å². The lowest BCUT2D eigenvalue weighted by Crippen LogP contribution is -2.26. The molecule has 12 heavy (non-hydrogen) atoms. The van der Waals surface area contributed by atoms with Crippen molar-refractivity contribution < 1.29 is 4.39 Å². The molecule has 0 aromatic carbocycles. The number of anilines is 1. The van der Waals surface area contributed by atoms with Gasteiger partial charge in [0.05, 0.1) is 0 Å². The minimum absolute atomic E-state index is 0.312. The summed E-state index contributed by atoms with van der Waals surface area (Å²) in [5, 5.41) is 0. The Labute approximate surface area is 71.0 Å². The van der Waals surface area contributed by atoms with Gasteiger partial charge in [0.2, 0.25) is 0 Å². The van der Waals surface area contributed by atoms with E-state index in [1.165, 1.54) is 6.07 Å². The number of nitrogens with two attached hydrogens (primary N) is 1. The fraction of sp³-hybridized carbons (Fsp3) is 0.375. The molecular weight excluding hydrogens is 157 g/mol. The molecule has 0 radical (unpaired) electrons. The first-order valence-corrected chi connectivity index (χ1v) is 3.77. The first-order chi connectivity index (χ1) is 5.75. The molecular formula is C8H12FN3. The average molecular weight is 169 g/mol. The molecule has 0 atom stereocenters. The van der Waals surface area contributed by atoms with Gasteiger partial charge in [0.25, 0.3) is 0 Å². The van der Waals surface area contributed by atoms with Crippen molar-refractivity contribution in [2.75, 3.05) is 25.0 Å². The molecule has 0 aliphatic rings. The number of aromatic nitrogens is 1. The topological polar surface area (TPSA) is 42.1 Å². The number of likely N-dealkylation sites (N-methyl/N-ethyl adjacent to an activating group) is 1. The summed E-state index contributed by atoms with van der Waals surface area (Å²) in [5.74, 6) is 0.0383.